The van der Waals surface area contributed by atoms with E-state index in [0.29, 0.717) is 31.8 Å². The quantitative estimate of drug-likeness (QED) is 0.579. The van der Waals surface area contributed by atoms with Crippen LogP contribution in [0.4, 0.5) is 5.82 Å². The van der Waals surface area contributed by atoms with E-state index in [9.17, 15) is 9.59 Å². The number of carbonyl (C=O) groups is 2. The Morgan fingerprint density at radius 1 is 1.19 bits per heavy atom. The third-order valence-electron chi connectivity index (χ3n) is 4.95. The molecule has 2 amide bonds. The molecule has 2 aromatic rings. The highest BCUT2D eigenvalue weighted by Crippen LogP contribution is 2.26. The van der Waals surface area contributed by atoms with E-state index in [1.54, 1.807) is 16.7 Å². The summed E-state index contributed by atoms with van der Waals surface area (Å²) in [6.45, 7) is 11.3. The number of anilines is 1. The summed E-state index contributed by atoms with van der Waals surface area (Å²) < 4.78 is 6.84. The summed E-state index contributed by atoms with van der Waals surface area (Å²) in [5, 5.41) is 7.71. The molecule has 1 aromatic heterocycles. The van der Waals surface area contributed by atoms with Crippen LogP contribution >= 0.6 is 0 Å². The summed E-state index contributed by atoms with van der Waals surface area (Å²) in [4.78, 5) is 27.0. The van der Waals surface area contributed by atoms with Gasteiger partial charge in [-0.3, -0.25) is 9.59 Å². The van der Waals surface area contributed by atoms with Gasteiger partial charge in [0.05, 0.1) is 17.9 Å². The van der Waals surface area contributed by atoms with Gasteiger partial charge in [-0.05, 0) is 31.9 Å². The fraction of sp³-hybridized carbons (Fsp3) is 0.542. The Kier molecular flexibility index (Phi) is 8.80. The Balaban J connectivity index is 2.24. The molecular formula is C24H36N4O3. The molecule has 0 unspecified atom stereocenters. The monoisotopic (exact) mass is 428 g/mol. The third kappa shape index (κ3) is 7.21. The average Bonchev–Trinajstić information content (AvgIpc) is 3.12. The van der Waals surface area contributed by atoms with Gasteiger partial charge in [-0.1, -0.05) is 45.4 Å². The second-order valence-corrected chi connectivity index (χ2v) is 8.87. The lowest BCUT2D eigenvalue weighted by Crippen LogP contribution is -2.39. The number of amides is 2. The predicted octanol–water partition coefficient (Wildman–Crippen LogP) is 4.08. The molecule has 0 fully saturated rings. The fourth-order valence-electron chi connectivity index (χ4n) is 3.14. The molecule has 7 nitrogen and oxygen atoms in total. The lowest BCUT2D eigenvalue weighted by atomic mass is 9.92. The minimum absolute atomic E-state index is 0.00643. The van der Waals surface area contributed by atoms with Crippen molar-refractivity contribution in [1.82, 2.24) is 14.7 Å². The minimum Gasteiger partial charge on any atom is -0.385 e. The van der Waals surface area contributed by atoms with Crippen molar-refractivity contribution >= 4 is 17.6 Å². The summed E-state index contributed by atoms with van der Waals surface area (Å²) in [5.74, 6) is 0.338. The topological polar surface area (TPSA) is 76.5 Å². The van der Waals surface area contributed by atoms with Gasteiger partial charge in [-0.15, -0.1) is 0 Å². The lowest BCUT2D eigenvalue weighted by Gasteiger charge is -2.22. The van der Waals surface area contributed by atoms with Gasteiger partial charge >= 0.3 is 0 Å². The van der Waals surface area contributed by atoms with Crippen LogP contribution in [0.3, 0.4) is 0 Å². The first-order valence-corrected chi connectivity index (χ1v) is 10.9. The standard InChI is InChI=1S/C24H36N4O3/c1-7-9-23(30)27(14-8-15-31-6)17-22(29)25-21-16-20(24(3,4)5)26-28(21)19-12-10-18(2)11-13-19/h10-13,16H,7-9,14-15,17H2,1-6H3,(H,25,29). The van der Waals surface area contributed by atoms with Crippen molar-refractivity contribution in [1.29, 1.82) is 0 Å². The molecule has 0 aliphatic rings. The predicted molar refractivity (Wildman–Crippen MR) is 124 cm³/mol. The van der Waals surface area contributed by atoms with Crippen molar-refractivity contribution in [3.05, 3.63) is 41.6 Å². The number of hydrogen-bond donors (Lipinski definition) is 1. The molecule has 1 N–H and O–H groups in total. The highest BCUT2D eigenvalue weighted by atomic mass is 16.5. The largest absolute Gasteiger partial charge is 0.385 e. The van der Waals surface area contributed by atoms with E-state index < -0.39 is 0 Å². The average molecular weight is 429 g/mol. The van der Waals surface area contributed by atoms with Crippen molar-refractivity contribution < 1.29 is 14.3 Å². The zero-order valence-corrected chi connectivity index (χ0v) is 19.7. The highest BCUT2D eigenvalue weighted by molar-refractivity contribution is 5.94. The first-order chi connectivity index (χ1) is 14.7. The van der Waals surface area contributed by atoms with E-state index in [-0.39, 0.29) is 23.8 Å². The van der Waals surface area contributed by atoms with Crippen LogP contribution in [0.2, 0.25) is 0 Å². The number of ether oxygens (including phenoxy) is 1. The van der Waals surface area contributed by atoms with Gasteiger partial charge in [-0.2, -0.15) is 5.10 Å². The highest BCUT2D eigenvalue weighted by Gasteiger charge is 2.23. The zero-order chi connectivity index (χ0) is 23.0. The second kappa shape index (κ2) is 11.1. The fourth-order valence-corrected chi connectivity index (χ4v) is 3.14. The maximum Gasteiger partial charge on any atom is 0.245 e. The number of hydrogen-bond acceptors (Lipinski definition) is 4. The Morgan fingerprint density at radius 3 is 2.45 bits per heavy atom. The van der Waals surface area contributed by atoms with Gasteiger partial charge in [0, 0.05) is 38.2 Å². The molecule has 0 radical (unpaired) electrons. The Bertz CT molecular complexity index is 866. The second-order valence-electron chi connectivity index (χ2n) is 8.87. The Hall–Kier alpha value is -2.67. The van der Waals surface area contributed by atoms with Crippen molar-refractivity contribution in [3.63, 3.8) is 0 Å². The van der Waals surface area contributed by atoms with Crippen LogP contribution in [0, 0.1) is 6.92 Å². The molecule has 0 bridgehead atoms. The van der Waals surface area contributed by atoms with Crippen molar-refractivity contribution in [2.24, 2.45) is 0 Å². The first kappa shape index (κ1) is 24.6. The molecule has 2 rings (SSSR count). The van der Waals surface area contributed by atoms with Gasteiger partial charge in [0.1, 0.15) is 5.82 Å². The SMILES string of the molecule is CCCC(=O)N(CCCOC)CC(=O)Nc1cc(C(C)(C)C)nn1-c1ccc(C)cc1. The van der Waals surface area contributed by atoms with Crippen LogP contribution in [0.5, 0.6) is 0 Å². The minimum atomic E-state index is -0.240. The van der Waals surface area contributed by atoms with Crippen LogP contribution in [-0.4, -0.2) is 53.3 Å². The van der Waals surface area contributed by atoms with Crippen molar-refractivity contribution in [2.45, 2.75) is 59.3 Å². The van der Waals surface area contributed by atoms with E-state index in [2.05, 4.69) is 26.1 Å². The number of benzene rings is 1. The van der Waals surface area contributed by atoms with Crippen LogP contribution in [0.25, 0.3) is 5.69 Å². The normalized spacial score (nSPS) is 11.4. The number of aryl methyl sites for hydroxylation is 1. The van der Waals surface area contributed by atoms with Gasteiger partial charge < -0.3 is 15.0 Å². The summed E-state index contributed by atoms with van der Waals surface area (Å²) in [5.41, 5.74) is 2.73. The van der Waals surface area contributed by atoms with Crippen LogP contribution < -0.4 is 5.32 Å². The number of rotatable bonds is 10. The maximum absolute atomic E-state index is 12.9. The molecule has 170 valence electrons. The number of aromatic nitrogens is 2. The Labute approximate surface area is 185 Å². The first-order valence-electron chi connectivity index (χ1n) is 10.9. The van der Waals surface area contributed by atoms with Crippen LogP contribution in [0.1, 0.15) is 58.2 Å². The lowest BCUT2D eigenvalue weighted by molar-refractivity contribution is -0.134. The van der Waals surface area contributed by atoms with Gasteiger partial charge in [0.2, 0.25) is 11.8 Å². The molecule has 31 heavy (non-hydrogen) atoms. The maximum atomic E-state index is 12.9. The van der Waals surface area contributed by atoms with Crippen LogP contribution in [0.15, 0.2) is 30.3 Å². The van der Waals surface area contributed by atoms with E-state index in [4.69, 9.17) is 9.84 Å². The molecule has 7 heteroatoms. The zero-order valence-electron chi connectivity index (χ0n) is 19.7. The van der Waals surface area contributed by atoms with Gasteiger partial charge in [0.15, 0.2) is 0 Å². The smallest absolute Gasteiger partial charge is 0.245 e. The van der Waals surface area contributed by atoms with E-state index >= 15 is 0 Å². The Morgan fingerprint density at radius 2 is 1.87 bits per heavy atom. The number of carbonyl (C=O) groups excluding carboxylic acids is 2. The van der Waals surface area contributed by atoms with Crippen molar-refractivity contribution in [3.8, 4) is 5.69 Å². The van der Waals surface area contributed by atoms with Crippen LogP contribution in [-0.2, 0) is 19.7 Å². The molecule has 1 heterocycles. The van der Waals surface area contributed by atoms with E-state index in [1.807, 2.05) is 44.2 Å². The van der Waals surface area contributed by atoms with E-state index in [0.717, 1.165) is 23.4 Å². The number of nitrogens with zero attached hydrogens (tertiary/aromatic N) is 3. The van der Waals surface area contributed by atoms with Gasteiger partial charge in [0.25, 0.3) is 0 Å². The number of methoxy groups -OCH3 is 1. The molecule has 0 saturated carbocycles. The summed E-state index contributed by atoms with van der Waals surface area (Å²) in [6.07, 6.45) is 1.86. The summed E-state index contributed by atoms with van der Waals surface area (Å²) in [6, 6.07) is 9.89. The summed E-state index contributed by atoms with van der Waals surface area (Å²) in [7, 11) is 1.63. The molecule has 0 saturated heterocycles. The molecule has 0 spiro atoms. The molecule has 0 aliphatic carbocycles. The molecular weight excluding hydrogens is 392 g/mol. The third-order valence-corrected chi connectivity index (χ3v) is 4.95. The summed E-state index contributed by atoms with van der Waals surface area (Å²) >= 11 is 0. The molecule has 0 atom stereocenters. The van der Waals surface area contributed by atoms with E-state index in [1.165, 1.54) is 0 Å². The van der Waals surface area contributed by atoms with Crippen molar-refractivity contribution in [2.75, 3.05) is 32.1 Å². The molecule has 0 aliphatic heterocycles. The number of nitrogens with one attached hydrogen (secondary N) is 1. The van der Waals surface area contributed by atoms with Gasteiger partial charge in [-0.25, -0.2) is 4.68 Å². The molecule has 1 aromatic carbocycles.